The van der Waals surface area contributed by atoms with Crippen LogP contribution in [-0.2, 0) is 9.53 Å². The van der Waals surface area contributed by atoms with Crippen molar-refractivity contribution >= 4 is 23.3 Å². The van der Waals surface area contributed by atoms with Crippen molar-refractivity contribution in [1.29, 1.82) is 0 Å². The fourth-order valence-electron chi connectivity index (χ4n) is 3.85. The molecular weight excluding hydrogens is 457 g/mol. The largest absolute Gasteiger partial charge is 0.490 e. The van der Waals surface area contributed by atoms with E-state index >= 15 is 0 Å². The Hall–Kier alpha value is -3.04. The van der Waals surface area contributed by atoms with Gasteiger partial charge in [0.25, 0.3) is 0 Å². The van der Waals surface area contributed by atoms with Crippen molar-refractivity contribution in [2.24, 2.45) is 0 Å². The Morgan fingerprint density at radius 2 is 1.67 bits per heavy atom. The van der Waals surface area contributed by atoms with Crippen molar-refractivity contribution < 1.29 is 22.7 Å². The van der Waals surface area contributed by atoms with Gasteiger partial charge >= 0.3 is 12.1 Å². The molecule has 1 aliphatic heterocycles. The zero-order valence-electron chi connectivity index (χ0n) is 17.8. The second-order valence-electron chi connectivity index (χ2n) is 7.72. The van der Waals surface area contributed by atoms with Gasteiger partial charge in [0.2, 0.25) is 0 Å². The quantitative estimate of drug-likeness (QED) is 0.495. The molecule has 1 atom stereocenters. The van der Waals surface area contributed by atoms with Gasteiger partial charge in [-0.15, -0.1) is 0 Å². The van der Waals surface area contributed by atoms with E-state index in [9.17, 15) is 18.0 Å². The maximum absolute atomic E-state index is 13.1. The standard InChI is InChI=1S/C23H22ClF3N4O2/c1-16-14-20(31(28-16)18-7-3-2-4-8-18)21(33-22(32)23(25,26)27)30-12-10-29(11-13-30)19-9-5-6-17(24)15-19/h2-9,14-15,21H,10-13H2,1H3. The van der Waals surface area contributed by atoms with E-state index in [2.05, 4.69) is 10.00 Å². The van der Waals surface area contributed by atoms with Crippen LogP contribution in [0.2, 0.25) is 5.02 Å². The number of carbonyl (C=O) groups excluding carboxylic acids is 1. The van der Waals surface area contributed by atoms with Crippen LogP contribution >= 0.6 is 11.6 Å². The molecule has 0 spiro atoms. The number of ether oxygens (including phenoxy) is 1. The molecule has 4 rings (SSSR count). The molecular formula is C23H22ClF3N4O2. The first kappa shape index (κ1) is 23.1. The van der Waals surface area contributed by atoms with Gasteiger partial charge < -0.3 is 9.64 Å². The number of alkyl halides is 3. The molecule has 1 aliphatic rings. The van der Waals surface area contributed by atoms with Crippen LogP contribution in [0.3, 0.4) is 0 Å². The van der Waals surface area contributed by atoms with Crippen LogP contribution in [0.4, 0.5) is 18.9 Å². The maximum Gasteiger partial charge on any atom is 0.490 e. The number of esters is 1. The molecule has 33 heavy (non-hydrogen) atoms. The molecule has 6 nitrogen and oxygen atoms in total. The zero-order valence-corrected chi connectivity index (χ0v) is 18.6. The zero-order chi connectivity index (χ0) is 23.6. The van der Waals surface area contributed by atoms with Crippen LogP contribution in [-0.4, -0.2) is 53.0 Å². The first-order valence-electron chi connectivity index (χ1n) is 10.4. The average molecular weight is 479 g/mol. The van der Waals surface area contributed by atoms with E-state index in [-0.39, 0.29) is 0 Å². The fraction of sp³-hybridized carbons (Fsp3) is 0.304. The number of halogens is 4. The summed E-state index contributed by atoms with van der Waals surface area (Å²) < 4.78 is 45.9. The third-order valence-electron chi connectivity index (χ3n) is 5.38. The Morgan fingerprint density at radius 3 is 2.30 bits per heavy atom. The first-order chi connectivity index (χ1) is 15.7. The highest BCUT2D eigenvalue weighted by Gasteiger charge is 2.44. The molecule has 10 heteroatoms. The number of carbonyl (C=O) groups is 1. The Morgan fingerprint density at radius 1 is 1.00 bits per heavy atom. The summed E-state index contributed by atoms with van der Waals surface area (Å²) in [5, 5.41) is 5.04. The number of aromatic nitrogens is 2. The summed E-state index contributed by atoms with van der Waals surface area (Å²) in [6.45, 7) is 3.54. The minimum absolute atomic E-state index is 0.354. The highest BCUT2D eigenvalue weighted by Crippen LogP contribution is 2.31. The molecule has 0 bridgehead atoms. The maximum atomic E-state index is 13.1. The SMILES string of the molecule is Cc1cc(C(OC(=O)C(F)(F)F)N2CCN(c3cccc(Cl)c3)CC2)n(-c2ccccc2)n1. The lowest BCUT2D eigenvalue weighted by Crippen LogP contribution is -2.49. The number of hydrogen-bond acceptors (Lipinski definition) is 5. The van der Waals surface area contributed by atoms with Crippen LogP contribution in [0.15, 0.2) is 60.7 Å². The van der Waals surface area contributed by atoms with Gasteiger partial charge in [-0.3, -0.25) is 4.90 Å². The normalized spacial score (nSPS) is 16.0. The van der Waals surface area contributed by atoms with E-state index in [1.54, 1.807) is 48.2 Å². The van der Waals surface area contributed by atoms with Crippen molar-refractivity contribution in [1.82, 2.24) is 14.7 Å². The summed E-state index contributed by atoms with van der Waals surface area (Å²) >= 11 is 6.09. The smallest absolute Gasteiger partial charge is 0.434 e. The Balaban J connectivity index is 1.63. The van der Waals surface area contributed by atoms with E-state index < -0.39 is 18.4 Å². The lowest BCUT2D eigenvalue weighted by atomic mass is 10.2. The lowest BCUT2D eigenvalue weighted by Gasteiger charge is -2.39. The number of piperazine rings is 1. The van der Waals surface area contributed by atoms with E-state index in [0.717, 1.165) is 5.69 Å². The van der Waals surface area contributed by atoms with Gasteiger partial charge in [0.05, 0.1) is 11.4 Å². The molecule has 0 saturated carbocycles. The molecule has 0 N–H and O–H groups in total. The summed E-state index contributed by atoms with van der Waals surface area (Å²) in [5.74, 6) is -2.23. The molecule has 0 radical (unpaired) electrons. The van der Waals surface area contributed by atoms with E-state index in [1.165, 1.54) is 4.68 Å². The Bertz CT molecular complexity index is 1110. The van der Waals surface area contributed by atoms with Crippen LogP contribution in [0.25, 0.3) is 5.69 Å². The predicted octanol–water partition coefficient (Wildman–Crippen LogP) is 4.76. The molecule has 0 amide bonds. The minimum Gasteiger partial charge on any atom is -0.434 e. The Kier molecular flexibility index (Phi) is 6.62. The monoisotopic (exact) mass is 478 g/mol. The third kappa shape index (κ3) is 5.31. The van der Waals surface area contributed by atoms with Crippen molar-refractivity contribution in [3.8, 4) is 5.69 Å². The Labute approximate surface area is 194 Å². The molecule has 174 valence electrons. The van der Waals surface area contributed by atoms with Crippen LogP contribution in [0.1, 0.15) is 17.6 Å². The van der Waals surface area contributed by atoms with Gasteiger partial charge in [-0.1, -0.05) is 35.9 Å². The van der Waals surface area contributed by atoms with E-state index in [0.29, 0.717) is 48.3 Å². The number of anilines is 1. The predicted molar refractivity (Wildman–Crippen MR) is 118 cm³/mol. The van der Waals surface area contributed by atoms with Crippen molar-refractivity contribution in [3.05, 3.63) is 77.1 Å². The summed E-state index contributed by atoms with van der Waals surface area (Å²) in [6.07, 6.45) is -6.35. The van der Waals surface area contributed by atoms with Gasteiger partial charge in [-0.25, -0.2) is 9.48 Å². The molecule has 1 saturated heterocycles. The third-order valence-corrected chi connectivity index (χ3v) is 5.62. The van der Waals surface area contributed by atoms with E-state index in [4.69, 9.17) is 16.3 Å². The number of nitrogens with zero attached hydrogens (tertiary/aromatic N) is 4. The summed E-state index contributed by atoms with van der Waals surface area (Å²) in [5.41, 5.74) is 2.54. The molecule has 3 aromatic rings. The van der Waals surface area contributed by atoms with Gasteiger partial charge in [0, 0.05) is 36.9 Å². The molecule has 1 aromatic heterocycles. The molecule has 2 heterocycles. The highest BCUT2D eigenvalue weighted by atomic mass is 35.5. The van der Waals surface area contributed by atoms with Crippen LogP contribution in [0, 0.1) is 6.92 Å². The van der Waals surface area contributed by atoms with Crippen molar-refractivity contribution in [2.75, 3.05) is 31.1 Å². The molecule has 1 unspecified atom stereocenters. The topological polar surface area (TPSA) is 50.6 Å². The van der Waals surface area contributed by atoms with Crippen molar-refractivity contribution in [3.63, 3.8) is 0 Å². The van der Waals surface area contributed by atoms with Gasteiger partial charge in [0.1, 0.15) is 5.69 Å². The number of benzene rings is 2. The fourth-order valence-corrected chi connectivity index (χ4v) is 4.03. The second kappa shape index (κ2) is 9.44. The molecule has 2 aromatic carbocycles. The summed E-state index contributed by atoms with van der Waals surface area (Å²) in [7, 11) is 0. The highest BCUT2D eigenvalue weighted by molar-refractivity contribution is 6.30. The number of hydrogen-bond donors (Lipinski definition) is 0. The van der Waals surface area contributed by atoms with Gasteiger partial charge in [0.15, 0.2) is 6.23 Å². The number of para-hydroxylation sites is 1. The van der Waals surface area contributed by atoms with Crippen LogP contribution in [0.5, 0.6) is 0 Å². The first-order valence-corrected chi connectivity index (χ1v) is 10.7. The second-order valence-corrected chi connectivity index (χ2v) is 8.15. The van der Waals surface area contributed by atoms with Crippen LogP contribution < -0.4 is 4.90 Å². The summed E-state index contributed by atoms with van der Waals surface area (Å²) in [6, 6.07) is 18.0. The molecule has 0 aliphatic carbocycles. The van der Waals surface area contributed by atoms with E-state index in [1.807, 2.05) is 24.3 Å². The molecule has 1 fully saturated rings. The van der Waals surface area contributed by atoms with Gasteiger partial charge in [-0.05, 0) is 43.3 Å². The van der Waals surface area contributed by atoms with Crippen molar-refractivity contribution in [2.45, 2.75) is 19.3 Å². The lowest BCUT2D eigenvalue weighted by molar-refractivity contribution is -0.214. The summed E-state index contributed by atoms with van der Waals surface area (Å²) in [4.78, 5) is 15.7. The average Bonchev–Trinajstić information content (AvgIpc) is 3.18. The minimum atomic E-state index is -5.10. The van der Waals surface area contributed by atoms with Gasteiger partial charge in [-0.2, -0.15) is 18.3 Å². The number of rotatable bonds is 5. The number of aryl methyl sites for hydroxylation is 1.